The molecule has 0 aliphatic heterocycles. The van der Waals surface area contributed by atoms with Gasteiger partial charge in [0.15, 0.2) is 0 Å². The second kappa shape index (κ2) is 17.5. The summed E-state index contributed by atoms with van der Waals surface area (Å²) in [7, 11) is 0. The first-order valence-electron chi connectivity index (χ1n) is 27.4. The SMILES string of the molecule is CC1(C)c2ccccc2-c2ccc(N(c3ccc4c(ccc5c6ccc(N(c7ccc8c(c7)C(C)(C)c7ccccc7-8)c7ccccc7-c7ccccc7)cc6c6ccccc6c45)c3)c3ccccc3-c3ccccc3)cc21. The Balaban J connectivity index is 0.913. The van der Waals surface area contributed by atoms with Gasteiger partial charge in [-0.05, 0) is 159 Å². The molecule has 0 unspecified atom stereocenters. The zero-order chi connectivity index (χ0) is 52.3. The van der Waals surface area contributed by atoms with E-state index in [1.807, 2.05) is 0 Å². The Morgan fingerprint density at radius 2 is 0.615 bits per heavy atom. The van der Waals surface area contributed by atoms with Crippen LogP contribution in [0.4, 0.5) is 34.1 Å². The van der Waals surface area contributed by atoms with Crippen LogP contribution in [0.25, 0.3) is 87.6 Å². The highest BCUT2D eigenvalue weighted by Gasteiger charge is 2.37. The average molecular weight is 997 g/mol. The predicted octanol–water partition coefficient (Wildman–Crippen LogP) is 21.2. The molecule has 370 valence electrons. The molecule has 2 aliphatic carbocycles. The van der Waals surface area contributed by atoms with E-state index < -0.39 is 0 Å². The fourth-order valence-corrected chi connectivity index (χ4v) is 13.6. The summed E-state index contributed by atoms with van der Waals surface area (Å²) in [6.07, 6.45) is 0. The van der Waals surface area contributed by atoms with Crippen LogP contribution in [0.3, 0.4) is 0 Å². The van der Waals surface area contributed by atoms with Crippen LogP contribution in [0.2, 0.25) is 0 Å². The molecule has 2 heteroatoms. The van der Waals surface area contributed by atoms with E-state index in [2.05, 4.69) is 304 Å². The zero-order valence-corrected chi connectivity index (χ0v) is 44.3. The third-order valence-electron chi connectivity index (χ3n) is 17.4. The van der Waals surface area contributed by atoms with Crippen LogP contribution in [-0.2, 0) is 10.8 Å². The molecule has 0 fully saturated rings. The number of hydrogen-bond donors (Lipinski definition) is 0. The van der Waals surface area contributed by atoms with Crippen molar-refractivity contribution < 1.29 is 0 Å². The average Bonchev–Trinajstić information content (AvgIpc) is 3.86. The van der Waals surface area contributed by atoms with E-state index in [9.17, 15) is 0 Å². The van der Waals surface area contributed by atoms with E-state index in [1.54, 1.807) is 0 Å². The number of anilines is 6. The molecule has 0 atom stereocenters. The lowest BCUT2D eigenvalue weighted by Crippen LogP contribution is -2.17. The third kappa shape index (κ3) is 6.96. The summed E-state index contributed by atoms with van der Waals surface area (Å²) in [4.78, 5) is 4.97. The van der Waals surface area contributed by atoms with Crippen LogP contribution in [-0.4, -0.2) is 0 Å². The van der Waals surface area contributed by atoms with E-state index in [4.69, 9.17) is 0 Å². The van der Waals surface area contributed by atoms with E-state index in [0.717, 1.165) is 34.1 Å². The van der Waals surface area contributed by atoms with Crippen LogP contribution < -0.4 is 9.80 Å². The van der Waals surface area contributed by atoms with Gasteiger partial charge >= 0.3 is 0 Å². The summed E-state index contributed by atoms with van der Waals surface area (Å²) in [6, 6.07) is 99.5. The highest BCUT2D eigenvalue weighted by atomic mass is 15.2. The smallest absolute Gasteiger partial charge is 0.0540 e. The quantitative estimate of drug-likeness (QED) is 0.140. The van der Waals surface area contributed by atoms with Gasteiger partial charge < -0.3 is 9.80 Å². The molecule has 2 nitrogen and oxygen atoms in total. The van der Waals surface area contributed by atoms with Gasteiger partial charge in [0.05, 0.1) is 11.4 Å². The topological polar surface area (TPSA) is 6.48 Å². The van der Waals surface area contributed by atoms with E-state index in [0.29, 0.717) is 0 Å². The highest BCUT2D eigenvalue weighted by molar-refractivity contribution is 6.32. The summed E-state index contributed by atoms with van der Waals surface area (Å²) in [6.45, 7) is 9.48. The molecule has 0 spiro atoms. The molecule has 13 aromatic rings. The Kier molecular flexibility index (Phi) is 10.3. The number of hydrogen-bond acceptors (Lipinski definition) is 2. The summed E-state index contributed by atoms with van der Waals surface area (Å²) < 4.78 is 0. The second-order valence-corrected chi connectivity index (χ2v) is 22.4. The summed E-state index contributed by atoms with van der Waals surface area (Å²) >= 11 is 0. The summed E-state index contributed by atoms with van der Waals surface area (Å²) in [5.74, 6) is 0. The van der Waals surface area contributed by atoms with Gasteiger partial charge in [0.1, 0.15) is 0 Å². The van der Waals surface area contributed by atoms with Crippen molar-refractivity contribution >= 4 is 77.2 Å². The molecule has 0 heterocycles. The van der Waals surface area contributed by atoms with Gasteiger partial charge in [0.25, 0.3) is 0 Å². The molecule has 0 bridgehead atoms. The minimum Gasteiger partial charge on any atom is -0.310 e. The second-order valence-electron chi connectivity index (χ2n) is 22.4. The van der Waals surface area contributed by atoms with Crippen molar-refractivity contribution in [3.63, 3.8) is 0 Å². The molecule has 15 rings (SSSR count). The molecule has 0 aromatic heterocycles. The monoisotopic (exact) mass is 996 g/mol. The van der Waals surface area contributed by atoms with Crippen molar-refractivity contribution in [2.24, 2.45) is 0 Å². The van der Waals surface area contributed by atoms with E-state index in [-0.39, 0.29) is 10.8 Å². The fraction of sp³-hybridized carbons (Fsp3) is 0.0789. The molecular formula is C76H56N2. The maximum atomic E-state index is 2.49. The van der Waals surface area contributed by atoms with Crippen LogP contribution in [0, 0.1) is 0 Å². The maximum Gasteiger partial charge on any atom is 0.0540 e. The lowest BCUT2D eigenvalue weighted by molar-refractivity contribution is 0.660. The first-order valence-corrected chi connectivity index (χ1v) is 27.4. The molecular weight excluding hydrogens is 941 g/mol. The largest absolute Gasteiger partial charge is 0.310 e. The minimum atomic E-state index is -0.147. The van der Waals surface area contributed by atoms with Crippen molar-refractivity contribution in [2.45, 2.75) is 38.5 Å². The van der Waals surface area contributed by atoms with Crippen LogP contribution in [0.15, 0.2) is 267 Å². The maximum absolute atomic E-state index is 2.49. The first-order chi connectivity index (χ1) is 38.2. The summed E-state index contributed by atoms with van der Waals surface area (Å²) in [5, 5.41) is 9.90. The van der Waals surface area contributed by atoms with Crippen molar-refractivity contribution in [3.8, 4) is 44.5 Å². The van der Waals surface area contributed by atoms with Gasteiger partial charge in [0, 0.05) is 44.7 Å². The predicted molar refractivity (Wildman–Crippen MR) is 332 cm³/mol. The van der Waals surface area contributed by atoms with Gasteiger partial charge in [-0.15, -0.1) is 0 Å². The Labute approximate surface area is 456 Å². The molecule has 0 saturated carbocycles. The molecule has 0 saturated heterocycles. The number of benzene rings is 13. The molecule has 2 aliphatic rings. The molecule has 0 amide bonds. The Morgan fingerprint density at radius 1 is 0.244 bits per heavy atom. The number of rotatable bonds is 8. The van der Waals surface area contributed by atoms with Crippen molar-refractivity contribution in [1.82, 2.24) is 0 Å². The van der Waals surface area contributed by atoms with Crippen molar-refractivity contribution in [3.05, 3.63) is 289 Å². The van der Waals surface area contributed by atoms with Gasteiger partial charge in [-0.2, -0.15) is 0 Å². The van der Waals surface area contributed by atoms with Crippen molar-refractivity contribution in [1.29, 1.82) is 0 Å². The van der Waals surface area contributed by atoms with E-state index in [1.165, 1.54) is 110 Å². The Morgan fingerprint density at radius 3 is 1.17 bits per heavy atom. The highest BCUT2D eigenvalue weighted by Crippen LogP contribution is 2.54. The molecule has 0 N–H and O–H groups in total. The normalized spacial score (nSPS) is 13.6. The van der Waals surface area contributed by atoms with Crippen LogP contribution in [0.5, 0.6) is 0 Å². The number of para-hydroxylation sites is 2. The lowest BCUT2D eigenvalue weighted by Gasteiger charge is -2.30. The van der Waals surface area contributed by atoms with Gasteiger partial charge in [-0.1, -0.05) is 234 Å². The molecule has 13 aromatic carbocycles. The zero-order valence-electron chi connectivity index (χ0n) is 44.3. The molecule has 0 radical (unpaired) electrons. The summed E-state index contributed by atoms with van der Waals surface area (Å²) in [5.41, 5.74) is 22.0. The number of nitrogens with zero attached hydrogens (tertiary/aromatic N) is 2. The van der Waals surface area contributed by atoms with Crippen molar-refractivity contribution in [2.75, 3.05) is 9.80 Å². The van der Waals surface area contributed by atoms with Gasteiger partial charge in [-0.3, -0.25) is 0 Å². The Hall–Kier alpha value is -9.50. The molecule has 78 heavy (non-hydrogen) atoms. The first kappa shape index (κ1) is 45.9. The van der Waals surface area contributed by atoms with Gasteiger partial charge in [-0.25, -0.2) is 0 Å². The van der Waals surface area contributed by atoms with E-state index >= 15 is 0 Å². The fourth-order valence-electron chi connectivity index (χ4n) is 13.6. The van der Waals surface area contributed by atoms with Crippen LogP contribution >= 0.6 is 0 Å². The standard InChI is InChI=1S/C76H56N2/c1-75(2)68-31-17-13-28-61(68)63-43-38-54(47-70(63)75)77(72-33-19-15-25-56(72)49-21-7-5-8-22-49)52-36-41-58-51(45-52)35-40-66-60-42-37-53(46-67(60)59-27-11-12-30-65(59)74(58)66)78(73-34-20-16-26-57(73)50-23-9-6-10-24-50)55-39-44-64-62-29-14-18-32-69(62)76(3,4)71(64)48-55/h5-48H,1-4H3. The lowest BCUT2D eigenvalue weighted by atomic mass is 9.82. The third-order valence-corrected chi connectivity index (χ3v) is 17.4. The number of fused-ring (bicyclic) bond motifs is 14. The van der Waals surface area contributed by atoms with Gasteiger partial charge in [0.2, 0.25) is 0 Å². The minimum absolute atomic E-state index is 0.142. The van der Waals surface area contributed by atoms with Crippen LogP contribution in [0.1, 0.15) is 49.9 Å². The Bertz CT molecular complexity index is 4540.